The van der Waals surface area contributed by atoms with Gasteiger partial charge in [-0.15, -0.1) is 0 Å². The molecule has 0 saturated carbocycles. The number of aromatic nitrogens is 5. The van der Waals surface area contributed by atoms with Crippen molar-refractivity contribution in [2.75, 3.05) is 38.5 Å². The van der Waals surface area contributed by atoms with Crippen LogP contribution >= 0.6 is 11.6 Å². The van der Waals surface area contributed by atoms with Crippen molar-refractivity contribution in [3.05, 3.63) is 59.6 Å². The van der Waals surface area contributed by atoms with Crippen molar-refractivity contribution in [1.29, 1.82) is 0 Å². The van der Waals surface area contributed by atoms with Crippen molar-refractivity contribution in [2.24, 2.45) is 0 Å². The normalized spacial score (nSPS) is 14.5. The van der Waals surface area contributed by atoms with Crippen LogP contribution in [-0.4, -0.2) is 97.5 Å². The van der Waals surface area contributed by atoms with E-state index in [9.17, 15) is 18.8 Å². The standard InChI is InChI=1S/C30H35ClFN9O4/c1-4-38(17-26(42)33-3)21-8-12-39(13-9-21)27(43)18-40-16-24(36-30(44)23-15-35-41-11-5-10-34-29(23)41)28(37-40)22-14-20(31)6-7-25(22)45-19(2)32/h5-7,10-11,14-16,19,21H,4,8-9,12-13,17-18H2,1-3H3,(H,33,42)(H,36,44). The van der Waals surface area contributed by atoms with Crippen LogP contribution in [0.25, 0.3) is 16.9 Å². The van der Waals surface area contributed by atoms with E-state index in [0.29, 0.717) is 35.9 Å². The maximum atomic E-state index is 14.0. The Hall–Kier alpha value is -4.56. The summed E-state index contributed by atoms with van der Waals surface area (Å²) in [5.41, 5.74) is 1.42. The fourth-order valence-electron chi connectivity index (χ4n) is 5.42. The number of anilines is 1. The van der Waals surface area contributed by atoms with Gasteiger partial charge in [-0.2, -0.15) is 10.2 Å². The largest absolute Gasteiger partial charge is 0.460 e. The van der Waals surface area contributed by atoms with Crippen LogP contribution in [0.1, 0.15) is 37.0 Å². The van der Waals surface area contributed by atoms with E-state index < -0.39 is 12.3 Å². The zero-order valence-corrected chi connectivity index (χ0v) is 26.0. The Bertz CT molecular complexity index is 1680. The number of benzene rings is 1. The molecule has 0 aliphatic carbocycles. The number of alkyl halides is 1. The van der Waals surface area contributed by atoms with Crippen molar-refractivity contribution in [1.82, 2.24) is 39.5 Å². The lowest BCUT2D eigenvalue weighted by atomic mass is 10.0. The smallest absolute Gasteiger partial charge is 0.261 e. The van der Waals surface area contributed by atoms with Crippen LogP contribution in [0.5, 0.6) is 5.75 Å². The van der Waals surface area contributed by atoms with Crippen molar-refractivity contribution >= 4 is 40.7 Å². The third-order valence-electron chi connectivity index (χ3n) is 7.68. The quantitative estimate of drug-likeness (QED) is 0.255. The van der Waals surface area contributed by atoms with E-state index in [-0.39, 0.29) is 47.1 Å². The Balaban J connectivity index is 1.38. The number of rotatable bonds is 11. The lowest BCUT2D eigenvalue weighted by Gasteiger charge is -2.37. The molecule has 4 aromatic rings. The number of carbonyl (C=O) groups excluding carboxylic acids is 3. The number of likely N-dealkylation sites (tertiary alicyclic amines) is 1. The summed E-state index contributed by atoms with van der Waals surface area (Å²) in [7, 11) is 1.62. The number of halogens is 2. The van der Waals surface area contributed by atoms with Crippen LogP contribution in [0.4, 0.5) is 10.1 Å². The van der Waals surface area contributed by atoms with Gasteiger partial charge in [0.25, 0.3) is 5.91 Å². The van der Waals surface area contributed by atoms with Gasteiger partial charge < -0.3 is 20.3 Å². The van der Waals surface area contributed by atoms with Gasteiger partial charge in [0.05, 0.1) is 18.4 Å². The van der Waals surface area contributed by atoms with Gasteiger partial charge in [0.2, 0.25) is 18.2 Å². The summed E-state index contributed by atoms with van der Waals surface area (Å²) in [5, 5.41) is 14.7. The molecule has 1 fully saturated rings. The minimum Gasteiger partial charge on any atom is -0.460 e. The van der Waals surface area contributed by atoms with Gasteiger partial charge in [0, 0.05) is 62.3 Å². The SMILES string of the molecule is CCN(CC(=O)NC)C1CCN(C(=O)Cn2cc(NC(=O)c3cnn4cccnc34)c(-c3cc(Cl)ccc3OC(C)F)n2)CC1. The van der Waals surface area contributed by atoms with Crippen LogP contribution in [0, 0.1) is 0 Å². The monoisotopic (exact) mass is 639 g/mol. The summed E-state index contributed by atoms with van der Waals surface area (Å²) < 4.78 is 22.2. The lowest BCUT2D eigenvalue weighted by molar-refractivity contribution is -0.134. The van der Waals surface area contributed by atoms with Gasteiger partial charge in [0.15, 0.2) is 5.65 Å². The number of nitrogens with zero attached hydrogens (tertiary/aromatic N) is 7. The fraction of sp³-hybridized carbons (Fsp3) is 0.400. The minimum atomic E-state index is -1.63. The van der Waals surface area contributed by atoms with Crippen molar-refractivity contribution in [3.63, 3.8) is 0 Å². The number of piperidine rings is 1. The van der Waals surface area contributed by atoms with Crippen LogP contribution in [0.15, 0.2) is 49.1 Å². The average molecular weight is 640 g/mol. The van der Waals surface area contributed by atoms with Gasteiger partial charge in [-0.25, -0.2) is 13.9 Å². The van der Waals surface area contributed by atoms with E-state index in [4.69, 9.17) is 16.3 Å². The summed E-state index contributed by atoms with van der Waals surface area (Å²) >= 11 is 6.30. The summed E-state index contributed by atoms with van der Waals surface area (Å²) in [6.07, 6.45) is 6.03. The lowest BCUT2D eigenvalue weighted by Crippen LogP contribution is -2.49. The maximum Gasteiger partial charge on any atom is 0.261 e. The molecule has 1 saturated heterocycles. The molecule has 0 bridgehead atoms. The molecule has 2 N–H and O–H groups in total. The molecule has 45 heavy (non-hydrogen) atoms. The molecular formula is C30H35ClFN9O4. The summed E-state index contributed by atoms with van der Waals surface area (Å²) in [4.78, 5) is 46.9. The second-order valence-electron chi connectivity index (χ2n) is 10.6. The number of likely N-dealkylation sites (N-methyl/N-ethyl adjacent to an activating group) is 2. The molecule has 3 aromatic heterocycles. The van der Waals surface area contributed by atoms with Crippen LogP contribution in [0.3, 0.4) is 0 Å². The molecule has 1 aromatic carbocycles. The van der Waals surface area contributed by atoms with E-state index in [1.54, 1.807) is 48.7 Å². The molecule has 0 radical (unpaired) electrons. The highest BCUT2D eigenvalue weighted by molar-refractivity contribution is 6.31. The Labute approximate surface area is 264 Å². The van der Waals surface area contributed by atoms with Crippen LogP contribution in [0.2, 0.25) is 5.02 Å². The van der Waals surface area contributed by atoms with E-state index in [1.807, 2.05) is 6.92 Å². The summed E-state index contributed by atoms with van der Waals surface area (Å²) in [6.45, 7) is 5.29. The van der Waals surface area contributed by atoms with Crippen molar-refractivity contribution < 1.29 is 23.5 Å². The molecular weight excluding hydrogens is 605 g/mol. The van der Waals surface area contributed by atoms with Gasteiger partial charge in [-0.3, -0.25) is 24.0 Å². The van der Waals surface area contributed by atoms with Crippen molar-refractivity contribution in [2.45, 2.75) is 45.6 Å². The average Bonchev–Trinajstić information content (AvgIpc) is 3.64. The molecule has 1 atom stereocenters. The molecule has 5 rings (SSSR count). The molecule has 1 aliphatic heterocycles. The topological polar surface area (TPSA) is 139 Å². The molecule has 1 unspecified atom stereocenters. The first-order valence-corrected chi connectivity index (χ1v) is 15.0. The molecule has 15 heteroatoms. The van der Waals surface area contributed by atoms with Gasteiger partial charge in [-0.05, 0) is 43.7 Å². The van der Waals surface area contributed by atoms with Gasteiger partial charge >= 0.3 is 0 Å². The van der Waals surface area contributed by atoms with Crippen molar-refractivity contribution in [3.8, 4) is 17.0 Å². The number of nitrogens with one attached hydrogen (secondary N) is 2. The fourth-order valence-corrected chi connectivity index (χ4v) is 5.59. The first kappa shape index (κ1) is 31.9. The molecule has 1 aliphatic rings. The molecule has 238 valence electrons. The molecule has 4 heterocycles. The molecule has 0 spiro atoms. The second kappa shape index (κ2) is 14.0. The predicted octanol–water partition coefficient (Wildman–Crippen LogP) is 3.25. The van der Waals surface area contributed by atoms with E-state index in [1.165, 1.54) is 28.4 Å². The third kappa shape index (κ3) is 7.40. The van der Waals surface area contributed by atoms with Gasteiger partial charge in [-0.1, -0.05) is 18.5 Å². The predicted molar refractivity (Wildman–Crippen MR) is 166 cm³/mol. The Morgan fingerprint density at radius 1 is 1.24 bits per heavy atom. The van der Waals surface area contributed by atoms with Gasteiger partial charge in [0.1, 0.15) is 23.6 Å². The van der Waals surface area contributed by atoms with E-state index in [0.717, 1.165) is 19.4 Å². The van der Waals surface area contributed by atoms with Crippen LogP contribution < -0.4 is 15.4 Å². The summed E-state index contributed by atoms with van der Waals surface area (Å²) in [6, 6.07) is 6.53. The zero-order valence-electron chi connectivity index (χ0n) is 25.2. The number of hydrogen-bond acceptors (Lipinski definition) is 8. The highest BCUT2D eigenvalue weighted by Crippen LogP contribution is 2.37. The maximum absolute atomic E-state index is 14.0. The number of carbonyl (C=O) groups is 3. The number of ether oxygens (including phenoxy) is 1. The second-order valence-corrected chi connectivity index (χ2v) is 11.1. The minimum absolute atomic E-state index is 0.0418. The van der Waals surface area contributed by atoms with E-state index >= 15 is 0 Å². The number of fused-ring (bicyclic) bond motifs is 1. The Morgan fingerprint density at radius 2 is 2.02 bits per heavy atom. The van der Waals surface area contributed by atoms with Crippen LogP contribution in [-0.2, 0) is 16.1 Å². The highest BCUT2D eigenvalue weighted by Gasteiger charge is 2.28. The summed E-state index contributed by atoms with van der Waals surface area (Å²) in [5.74, 6) is -0.529. The first-order chi connectivity index (χ1) is 21.7. The molecule has 3 amide bonds. The zero-order chi connectivity index (χ0) is 32.1. The molecule has 13 nitrogen and oxygen atoms in total. The highest BCUT2D eigenvalue weighted by atomic mass is 35.5. The number of hydrogen-bond donors (Lipinski definition) is 2. The third-order valence-corrected chi connectivity index (χ3v) is 7.92. The van der Waals surface area contributed by atoms with E-state index in [2.05, 4.69) is 30.7 Å². The first-order valence-electron chi connectivity index (χ1n) is 14.7. The Kier molecular flexibility index (Phi) is 9.93. The Morgan fingerprint density at radius 3 is 2.73 bits per heavy atom. The number of amides is 3.